The number of aliphatic carboxylic acids is 1. The van der Waals surface area contributed by atoms with Crippen LogP contribution in [0.25, 0.3) is 0 Å². The summed E-state index contributed by atoms with van der Waals surface area (Å²) in [7, 11) is 1.36. The van der Waals surface area contributed by atoms with Gasteiger partial charge in [0.25, 0.3) is 0 Å². The van der Waals surface area contributed by atoms with Crippen LogP contribution < -0.4 is 0 Å². The van der Waals surface area contributed by atoms with Crippen LogP contribution in [0.4, 0.5) is 0 Å². The standard InChI is InChI=1S/C8H10O4/c1-12-7-5(8(10)11)3-2-4-6(7)9/h2-4,6-7,9H,1H3,(H,10,11)/t6-,7-/m0/s1. The first kappa shape index (κ1) is 8.96. The molecule has 0 fully saturated rings. The summed E-state index contributed by atoms with van der Waals surface area (Å²) in [5, 5.41) is 17.9. The molecule has 1 aliphatic carbocycles. The van der Waals surface area contributed by atoms with Gasteiger partial charge < -0.3 is 14.9 Å². The maximum atomic E-state index is 10.6. The number of aliphatic hydroxyl groups excluding tert-OH is 1. The van der Waals surface area contributed by atoms with Gasteiger partial charge in [-0.05, 0) is 6.08 Å². The monoisotopic (exact) mass is 170 g/mol. The number of allylic oxidation sites excluding steroid dienone is 2. The van der Waals surface area contributed by atoms with Crippen molar-refractivity contribution in [1.82, 2.24) is 0 Å². The summed E-state index contributed by atoms with van der Waals surface area (Å²) in [4.78, 5) is 10.6. The number of hydrogen-bond acceptors (Lipinski definition) is 3. The van der Waals surface area contributed by atoms with Gasteiger partial charge in [-0.15, -0.1) is 0 Å². The normalized spacial score (nSPS) is 28.3. The molecule has 0 aliphatic heterocycles. The van der Waals surface area contributed by atoms with Crippen molar-refractivity contribution in [3.63, 3.8) is 0 Å². The Balaban J connectivity index is 2.88. The Labute approximate surface area is 69.8 Å². The van der Waals surface area contributed by atoms with Crippen LogP contribution in [-0.4, -0.2) is 35.5 Å². The van der Waals surface area contributed by atoms with E-state index >= 15 is 0 Å². The van der Waals surface area contributed by atoms with Gasteiger partial charge in [0.1, 0.15) is 12.2 Å². The molecular weight excluding hydrogens is 160 g/mol. The van der Waals surface area contributed by atoms with Crippen LogP contribution in [-0.2, 0) is 9.53 Å². The molecule has 0 spiro atoms. The molecule has 0 unspecified atom stereocenters. The zero-order valence-corrected chi connectivity index (χ0v) is 6.60. The molecule has 0 aromatic rings. The number of methoxy groups -OCH3 is 1. The first-order valence-corrected chi connectivity index (χ1v) is 3.49. The lowest BCUT2D eigenvalue weighted by molar-refractivity contribution is -0.134. The lowest BCUT2D eigenvalue weighted by atomic mass is 9.99. The third-order valence-corrected chi connectivity index (χ3v) is 1.70. The highest BCUT2D eigenvalue weighted by Crippen LogP contribution is 2.16. The largest absolute Gasteiger partial charge is 0.478 e. The maximum absolute atomic E-state index is 10.6. The second kappa shape index (κ2) is 3.51. The van der Waals surface area contributed by atoms with Crippen LogP contribution in [0.15, 0.2) is 23.8 Å². The highest BCUT2D eigenvalue weighted by Gasteiger charge is 2.27. The topological polar surface area (TPSA) is 66.8 Å². The summed E-state index contributed by atoms with van der Waals surface area (Å²) in [5.41, 5.74) is 0.0764. The molecule has 12 heavy (non-hydrogen) atoms. The van der Waals surface area contributed by atoms with E-state index in [2.05, 4.69) is 0 Å². The van der Waals surface area contributed by atoms with Crippen LogP contribution >= 0.6 is 0 Å². The predicted molar refractivity (Wildman–Crippen MR) is 41.7 cm³/mol. The summed E-state index contributed by atoms with van der Waals surface area (Å²) < 4.78 is 4.83. The molecular formula is C8H10O4. The Morgan fingerprint density at radius 2 is 2.33 bits per heavy atom. The Hall–Kier alpha value is -1.13. The molecule has 1 aliphatic rings. The van der Waals surface area contributed by atoms with Gasteiger partial charge in [-0.3, -0.25) is 0 Å². The highest BCUT2D eigenvalue weighted by atomic mass is 16.5. The number of carboxylic acids is 1. The van der Waals surface area contributed by atoms with E-state index in [1.807, 2.05) is 0 Å². The average Bonchev–Trinajstić information content (AvgIpc) is 2.03. The van der Waals surface area contributed by atoms with Crippen molar-refractivity contribution in [1.29, 1.82) is 0 Å². The van der Waals surface area contributed by atoms with E-state index < -0.39 is 18.2 Å². The van der Waals surface area contributed by atoms with Crippen LogP contribution in [0.2, 0.25) is 0 Å². The lowest BCUT2D eigenvalue weighted by Crippen LogP contribution is -2.33. The molecule has 0 heterocycles. The van der Waals surface area contributed by atoms with Gasteiger partial charge in [0, 0.05) is 7.11 Å². The van der Waals surface area contributed by atoms with Gasteiger partial charge in [0.05, 0.1) is 5.57 Å². The molecule has 0 saturated heterocycles. The summed E-state index contributed by atoms with van der Waals surface area (Å²) >= 11 is 0. The van der Waals surface area contributed by atoms with Gasteiger partial charge in [-0.2, -0.15) is 0 Å². The second-order valence-electron chi connectivity index (χ2n) is 2.46. The van der Waals surface area contributed by atoms with Crippen molar-refractivity contribution in [2.75, 3.05) is 7.11 Å². The Morgan fingerprint density at radius 3 is 2.75 bits per heavy atom. The molecule has 0 saturated carbocycles. The first-order valence-electron chi connectivity index (χ1n) is 3.49. The number of rotatable bonds is 2. The quantitative estimate of drug-likeness (QED) is 0.609. The van der Waals surface area contributed by atoms with Crippen molar-refractivity contribution >= 4 is 5.97 Å². The molecule has 2 N–H and O–H groups in total. The summed E-state index contributed by atoms with van der Waals surface area (Å²) in [6.45, 7) is 0. The number of carboxylic acid groups (broad SMARTS) is 1. The molecule has 0 aromatic carbocycles. The van der Waals surface area contributed by atoms with Crippen molar-refractivity contribution in [3.05, 3.63) is 23.8 Å². The minimum atomic E-state index is -1.06. The fraction of sp³-hybridized carbons (Fsp3) is 0.375. The van der Waals surface area contributed by atoms with Crippen LogP contribution in [0.5, 0.6) is 0 Å². The van der Waals surface area contributed by atoms with Gasteiger partial charge in [0.15, 0.2) is 0 Å². The minimum absolute atomic E-state index is 0.0764. The smallest absolute Gasteiger partial charge is 0.334 e. The van der Waals surface area contributed by atoms with E-state index in [9.17, 15) is 9.90 Å². The molecule has 0 amide bonds. The Bertz CT molecular complexity index is 241. The summed E-state index contributed by atoms with van der Waals surface area (Å²) in [5.74, 6) is -1.06. The summed E-state index contributed by atoms with van der Waals surface area (Å²) in [6.07, 6.45) is 2.78. The maximum Gasteiger partial charge on any atom is 0.334 e. The third-order valence-electron chi connectivity index (χ3n) is 1.70. The zero-order chi connectivity index (χ0) is 9.14. The van der Waals surface area contributed by atoms with Gasteiger partial charge in [0.2, 0.25) is 0 Å². The average molecular weight is 170 g/mol. The van der Waals surface area contributed by atoms with Crippen LogP contribution in [0, 0.1) is 0 Å². The Morgan fingerprint density at radius 1 is 1.67 bits per heavy atom. The van der Waals surface area contributed by atoms with Gasteiger partial charge in [-0.1, -0.05) is 12.2 Å². The van der Waals surface area contributed by atoms with Crippen molar-refractivity contribution < 1.29 is 19.7 Å². The molecule has 1 rings (SSSR count). The molecule has 4 nitrogen and oxygen atoms in total. The molecule has 66 valence electrons. The van der Waals surface area contributed by atoms with Crippen molar-refractivity contribution in [2.45, 2.75) is 12.2 Å². The predicted octanol–water partition coefficient (Wildman–Crippen LogP) is -0.0569. The van der Waals surface area contributed by atoms with Crippen molar-refractivity contribution in [2.24, 2.45) is 0 Å². The minimum Gasteiger partial charge on any atom is -0.478 e. The lowest BCUT2D eigenvalue weighted by Gasteiger charge is -2.21. The molecule has 0 radical (unpaired) electrons. The highest BCUT2D eigenvalue weighted by molar-refractivity contribution is 5.88. The van der Waals surface area contributed by atoms with Crippen molar-refractivity contribution in [3.8, 4) is 0 Å². The number of ether oxygens (including phenoxy) is 1. The fourth-order valence-corrected chi connectivity index (χ4v) is 1.11. The van der Waals surface area contributed by atoms with Crippen LogP contribution in [0.1, 0.15) is 0 Å². The second-order valence-corrected chi connectivity index (χ2v) is 2.46. The number of hydrogen-bond donors (Lipinski definition) is 2. The van der Waals surface area contributed by atoms with Gasteiger partial charge >= 0.3 is 5.97 Å². The Kier molecular flexibility index (Phi) is 2.62. The van der Waals surface area contributed by atoms with E-state index in [0.717, 1.165) is 0 Å². The fourth-order valence-electron chi connectivity index (χ4n) is 1.11. The zero-order valence-electron chi connectivity index (χ0n) is 6.60. The molecule has 0 bridgehead atoms. The van der Waals surface area contributed by atoms with E-state index in [1.165, 1.54) is 25.3 Å². The number of carbonyl (C=O) groups is 1. The van der Waals surface area contributed by atoms with E-state index in [0.29, 0.717) is 0 Å². The molecule has 4 heteroatoms. The first-order chi connectivity index (χ1) is 5.66. The molecule has 2 atom stereocenters. The van der Waals surface area contributed by atoms with E-state index in [-0.39, 0.29) is 5.57 Å². The van der Waals surface area contributed by atoms with E-state index in [4.69, 9.17) is 9.84 Å². The van der Waals surface area contributed by atoms with Crippen LogP contribution in [0.3, 0.4) is 0 Å². The SMILES string of the molecule is CO[C@H]1C(C(=O)O)=CC=C[C@@H]1O. The third kappa shape index (κ3) is 1.54. The number of aliphatic hydroxyl groups is 1. The van der Waals surface area contributed by atoms with Gasteiger partial charge in [-0.25, -0.2) is 4.79 Å². The van der Waals surface area contributed by atoms with E-state index in [1.54, 1.807) is 0 Å². The summed E-state index contributed by atoms with van der Waals surface area (Å²) in [6, 6.07) is 0. The molecule has 0 aromatic heterocycles.